The molecule has 2 aromatic carbocycles. The maximum atomic E-state index is 11.7. The van der Waals surface area contributed by atoms with Crippen molar-refractivity contribution in [3.63, 3.8) is 0 Å². The fourth-order valence-electron chi connectivity index (χ4n) is 2.86. The summed E-state index contributed by atoms with van der Waals surface area (Å²) in [6.07, 6.45) is 1.97. The minimum atomic E-state index is -0.530. The van der Waals surface area contributed by atoms with Crippen molar-refractivity contribution in [2.24, 2.45) is 0 Å². The van der Waals surface area contributed by atoms with E-state index in [1.54, 1.807) is 12.1 Å². The smallest absolute Gasteiger partial charge is 0.346 e. The first-order chi connectivity index (χ1) is 8.25. The third-order valence-corrected chi connectivity index (χ3v) is 3.62. The van der Waals surface area contributed by atoms with E-state index in [1.807, 2.05) is 12.1 Å². The van der Waals surface area contributed by atoms with Gasteiger partial charge in [-0.1, -0.05) is 12.1 Å². The van der Waals surface area contributed by atoms with Gasteiger partial charge in [0.05, 0.1) is 11.1 Å². The van der Waals surface area contributed by atoms with Gasteiger partial charge in [0, 0.05) is 5.39 Å². The molecule has 0 saturated carbocycles. The number of rotatable bonds is 0. The highest BCUT2D eigenvalue weighted by atomic mass is 16.6. The Labute approximate surface area is 97.0 Å². The molecule has 1 heterocycles. The van der Waals surface area contributed by atoms with Crippen molar-refractivity contribution in [3.05, 3.63) is 46.5 Å². The molecule has 3 nitrogen and oxygen atoms in total. The molecule has 0 fully saturated rings. The first kappa shape index (κ1) is 8.93. The molecule has 0 amide bonds. The van der Waals surface area contributed by atoms with Crippen LogP contribution < -0.4 is 0 Å². The molecular formula is C14H8O3. The summed E-state index contributed by atoms with van der Waals surface area (Å²) in [5, 5.41) is 1.88. The zero-order chi connectivity index (χ0) is 11.6. The van der Waals surface area contributed by atoms with Crippen molar-refractivity contribution < 1.29 is 14.3 Å². The van der Waals surface area contributed by atoms with Gasteiger partial charge in [0.25, 0.3) is 0 Å². The van der Waals surface area contributed by atoms with Crippen molar-refractivity contribution in [3.8, 4) is 0 Å². The highest BCUT2D eigenvalue weighted by Gasteiger charge is 2.30. The van der Waals surface area contributed by atoms with E-state index in [4.69, 9.17) is 4.74 Å². The largest absolute Gasteiger partial charge is 0.386 e. The normalized spacial score (nSPS) is 16.5. The van der Waals surface area contributed by atoms with E-state index in [0.717, 1.165) is 23.6 Å². The van der Waals surface area contributed by atoms with Gasteiger partial charge in [0.1, 0.15) is 0 Å². The van der Waals surface area contributed by atoms with E-state index in [9.17, 15) is 9.59 Å². The number of ether oxygens (including phenoxy) is 1. The van der Waals surface area contributed by atoms with Gasteiger partial charge in [-0.3, -0.25) is 0 Å². The molecule has 0 spiro atoms. The first-order valence-corrected chi connectivity index (χ1v) is 5.59. The monoisotopic (exact) mass is 224 g/mol. The van der Waals surface area contributed by atoms with Gasteiger partial charge in [0.2, 0.25) is 0 Å². The summed E-state index contributed by atoms with van der Waals surface area (Å²) in [5.74, 6) is -1.06. The van der Waals surface area contributed by atoms with Crippen molar-refractivity contribution >= 4 is 22.7 Å². The van der Waals surface area contributed by atoms with Gasteiger partial charge in [-0.25, -0.2) is 9.59 Å². The Morgan fingerprint density at radius 2 is 1.29 bits per heavy atom. The van der Waals surface area contributed by atoms with Crippen molar-refractivity contribution in [2.75, 3.05) is 0 Å². The Morgan fingerprint density at radius 1 is 0.765 bits per heavy atom. The highest BCUT2D eigenvalue weighted by molar-refractivity contribution is 6.21. The summed E-state index contributed by atoms with van der Waals surface area (Å²) >= 11 is 0. The van der Waals surface area contributed by atoms with Gasteiger partial charge in [-0.15, -0.1) is 0 Å². The molecule has 82 valence electrons. The van der Waals surface area contributed by atoms with Crippen LogP contribution in [0.1, 0.15) is 31.8 Å². The van der Waals surface area contributed by atoms with E-state index in [-0.39, 0.29) is 0 Å². The fourth-order valence-corrected chi connectivity index (χ4v) is 2.86. The summed E-state index contributed by atoms with van der Waals surface area (Å²) in [7, 11) is 0. The summed E-state index contributed by atoms with van der Waals surface area (Å²) in [6.45, 7) is 0. The molecule has 1 aliphatic heterocycles. The molecule has 0 radical (unpaired) electrons. The summed E-state index contributed by atoms with van der Waals surface area (Å²) in [5.41, 5.74) is 3.48. The molecule has 0 saturated heterocycles. The minimum absolute atomic E-state index is 0.516. The number of hydrogen-bond acceptors (Lipinski definition) is 3. The summed E-state index contributed by atoms with van der Waals surface area (Å²) in [4.78, 5) is 23.4. The van der Waals surface area contributed by atoms with Crippen LogP contribution in [-0.2, 0) is 17.6 Å². The van der Waals surface area contributed by atoms with Crippen LogP contribution >= 0.6 is 0 Å². The lowest BCUT2D eigenvalue weighted by molar-refractivity contribution is 0.0391. The standard InChI is InChI=1S/C14H8O3/c15-13-9-5-3-7-1-2-8-4-6-10(14(16)17-13)12(9)11(7)8/h3-6H,1-2H2. The third kappa shape index (κ3) is 0.965. The molecule has 0 aromatic heterocycles. The number of aryl methyl sites for hydroxylation is 2. The molecule has 0 atom stereocenters. The van der Waals surface area contributed by atoms with Crippen LogP contribution in [0.4, 0.5) is 0 Å². The lowest BCUT2D eigenvalue weighted by atomic mass is 9.94. The van der Waals surface area contributed by atoms with E-state index >= 15 is 0 Å². The fraction of sp³-hybridized carbons (Fsp3) is 0.143. The number of carbonyl (C=O) groups excluding carboxylic acids is 2. The average Bonchev–Trinajstić information content (AvgIpc) is 2.74. The second kappa shape index (κ2) is 2.74. The predicted octanol–water partition coefficient (Wildman–Crippen LogP) is 2.25. The van der Waals surface area contributed by atoms with Crippen LogP contribution in [0.2, 0.25) is 0 Å². The molecule has 4 rings (SSSR count). The lowest BCUT2D eigenvalue weighted by Crippen LogP contribution is -2.19. The molecule has 17 heavy (non-hydrogen) atoms. The van der Waals surface area contributed by atoms with Crippen LogP contribution in [0, 0.1) is 0 Å². The van der Waals surface area contributed by atoms with Gasteiger partial charge in [0.15, 0.2) is 0 Å². The van der Waals surface area contributed by atoms with Crippen LogP contribution in [-0.4, -0.2) is 11.9 Å². The SMILES string of the molecule is O=C1OC(=O)c2ccc3c4c(ccc1c24)CC3. The Kier molecular flexibility index (Phi) is 1.44. The number of carbonyl (C=O) groups is 2. The maximum absolute atomic E-state index is 11.7. The molecule has 2 aliphatic rings. The Morgan fingerprint density at radius 3 is 1.82 bits per heavy atom. The second-order valence-corrected chi connectivity index (χ2v) is 4.47. The number of cyclic esters (lactones) is 2. The third-order valence-electron chi connectivity index (χ3n) is 3.62. The van der Waals surface area contributed by atoms with Gasteiger partial charge >= 0.3 is 11.9 Å². The Bertz CT molecular complexity index is 656. The maximum Gasteiger partial charge on any atom is 0.346 e. The number of esters is 2. The van der Waals surface area contributed by atoms with Crippen molar-refractivity contribution in [2.45, 2.75) is 12.8 Å². The molecule has 2 aromatic rings. The molecule has 3 heteroatoms. The van der Waals surface area contributed by atoms with E-state index in [1.165, 1.54) is 11.1 Å². The van der Waals surface area contributed by atoms with Gasteiger partial charge < -0.3 is 4.74 Å². The Hall–Kier alpha value is -2.16. The van der Waals surface area contributed by atoms with Gasteiger partial charge in [-0.2, -0.15) is 0 Å². The van der Waals surface area contributed by atoms with Crippen LogP contribution in [0.3, 0.4) is 0 Å². The zero-order valence-corrected chi connectivity index (χ0v) is 8.95. The quantitative estimate of drug-likeness (QED) is 0.509. The summed E-state index contributed by atoms with van der Waals surface area (Å²) < 4.78 is 4.73. The van der Waals surface area contributed by atoms with Crippen LogP contribution in [0.5, 0.6) is 0 Å². The number of benzene rings is 2. The molecule has 0 unspecified atom stereocenters. The minimum Gasteiger partial charge on any atom is -0.386 e. The zero-order valence-electron chi connectivity index (χ0n) is 8.95. The topological polar surface area (TPSA) is 43.4 Å². The van der Waals surface area contributed by atoms with Crippen molar-refractivity contribution in [1.29, 1.82) is 0 Å². The molecular weight excluding hydrogens is 216 g/mol. The number of hydrogen-bond donors (Lipinski definition) is 0. The molecule has 0 bridgehead atoms. The van der Waals surface area contributed by atoms with E-state index < -0.39 is 11.9 Å². The van der Waals surface area contributed by atoms with E-state index in [0.29, 0.717) is 11.1 Å². The van der Waals surface area contributed by atoms with Gasteiger partial charge in [-0.05, 0) is 41.5 Å². The lowest BCUT2D eigenvalue weighted by Gasteiger charge is -2.16. The average molecular weight is 224 g/mol. The van der Waals surface area contributed by atoms with E-state index in [2.05, 4.69) is 0 Å². The Balaban J connectivity index is 2.30. The summed E-state index contributed by atoms with van der Waals surface area (Å²) in [6, 6.07) is 7.47. The van der Waals surface area contributed by atoms with Crippen molar-refractivity contribution in [1.82, 2.24) is 0 Å². The van der Waals surface area contributed by atoms with Crippen LogP contribution in [0.15, 0.2) is 24.3 Å². The molecule has 0 N–H and O–H groups in total. The molecule has 1 aliphatic carbocycles. The van der Waals surface area contributed by atoms with Crippen LogP contribution in [0.25, 0.3) is 10.8 Å². The first-order valence-electron chi connectivity index (χ1n) is 5.59. The second-order valence-electron chi connectivity index (χ2n) is 4.47. The predicted molar refractivity (Wildman–Crippen MR) is 61.1 cm³/mol. The highest BCUT2D eigenvalue weighted by Crippen LogP contribution is 2.37.